The fourth-order valence-electron chi connectivity index (χ4n) is 3.61. The first-order valence-corrected chi connectivity index (χ1v) is 11.1. The molecule has 156 valence electrons. The molecule has 2 aliphatic rings. The van der Waals surface area contributed by atoms with E-state index in [2.05, 4.69) is 0 Å². The molecule has 2 aromatic carbocycles. The van der Waals surface area contributed by atoms with Crippen LogP contribution in [0.3, 0.4) is 0 Å². The van der Waals surface area contributed by atoms with Gasteiger partial charge >= 0.3 is 6.16 Å². The second-order valence-corrected chi connectivity index (χ2v) is 8.99. The first-order chi connectivity index (χ1) is 14.5. The third-order valence-corrected chi connectivity index (χ3v) is 7.09. The lowest BCUT2D eigenvalue weighted by molar-refractivity contribution is -0.117. The zero-order valence-electron chi connectivity index (χ0n) is 16.0. The number of allylic oxidation sites excluding steroid dienone is 1. The van der Waals surface area contributed by atoms with Crippen molar-refractivity contribution in [1.82, 2.24) is 0 Å². The number of sulfone groups is 1. The summed E-state index contributed by atoms with van der Waals surface area (Å²) in [6, 6.07) is 16.2. The van der Waals surface area contributed by atoms with Crippen molar-refractivity contribution in [3.8, 4) is 0 Å². The van der Waals surface area contributed by atoms with E-state index in [1.54, 1.807) is 60.7 Å². The maximum absolute atomic E-state index is 13.3. The van der Waals surface area contributed by atoms with E-state index >= 15 is 0 Å². The Labute approximate surface area is 174 Å². The van der Waals surface area contributed by atoms with Crippen LogP contribution in [0, 0.1) is 0 Å². The van der Waals surface area contributed by atoms with Crippen molar-refractivity contribution in [3.63, 3.8) is 0 Å². The molecule has 0 radical (unpaired) electrons. The number of rotatable bonds is 5. The summed E-state index contributed by atoms with van der Waals surface area (Å²) in [5.74, 6) is -1.32. The highest BCUT2D eigenvalue weighted by Gasteiger charge is 2.50. The molecule has 2 heterocycles. The number of carbonyl (C=O) groups excluding carboxylic acids is 2. The predicted octanol–water partition coefficient (Wildman–Crippen LogP) is 3.43. The molecule has 0 N–H and O–H groups in total. The minimum atomic E-state index is -4.14. The largest absolute Gasteiger partial charge is 0.514 e. The maximum Gasteiger partial charge on any atom is 0.514 e. The van der Waals surface area contributed by atoms with Crippen LogP contribution < -0.4 is 0 Å². The highest BCUT2D eigenvalue weighted by molar-refractivity contribution is 8.02. The van der Waals surface area contributed by atoms with E-state index < -0.39 is 32.8 Å². The lowest BCUT2D eigenvalue weighted by atomic mass is 10.1. The molecule has 2 atom stereocenters. The topological polar surface area (TPSA) is 96.0 Å². The van der Waals surface area contributed by atoms with Gasteiger partial charge in [-0.1, -0.05) is 60.7 Å². The van der Waals surface area contributed by atoms with Crippen LogP contribution in [0.1, 0.15) is 29.2 Å². The third kappa shape index (κ3) is 3.88. The molecule has 4 rings (SSSR count). The highest BCUT2D eigenvalue weighted by atomic mass is 32.2. The van der Waals surface area contributed by atoms with E-state index in [4.69, 9.17) is 14.2 Å². The smallest absolute Gasteiger partial charge is 0.431 e. The van der Waals surface area contributed by atoms with Crippen LogP contribution in [0.25, 0.3) is 4.91 Å². The van der Waals surface area contributed by atoms with Crippen LogP contribution in [0.4, 0.5) is 4.79 Å². The normalized spacial score (nSPS) is 22.9. The fourth-order valence-corrected chi connectivity index (χ4v) is 5.61. The van der Waals surface area contributed by atoms with Crippen LogP contribution in [0.2, 0.25) is 0 Å². The minimum Gasteiger partial charge on any atom is -0.431 e. The van der Waals surface area contributed by atoms with Crippen LogP contribution in [-0.2, 0) is 28.8 Å². The van der Waals surface area contributed by atoms with Crippen LogP contribution in [0.15, 0.2) is 66.4 Å². The first kappa shape index (κ1) is 20.3. The average Bonchev–Trinajstić information content (AvgIpc) is 3.32. The molecule has 1 fully saturated rings. The standard InChI is InChI=1S/C22H20O7S/c23-18-19(29-22(24)28-14-17-12-7-13-27-17)21(16-10-5-2-6-11-16)30(25,26)20(18)15-8-3-1-4-9-15/h1-6,8-11,17,20H,7,12-14H2. The molecule has 0 saturated carbocycles. The van der Waals surface area contributed by atoms with Gasteiger partial charge in [0.05, 0.1) is 6.10 Å². The number of Topliss-reactive ketones (excluding diaryl/α,β-unsaturated/α-hetero) is 1. The van der Waals surface area contributed by atoms with Gasteiger partial charge in [-0.25, -0.2) is 13.2 Å². The molecule has 0 aromatic heterocycles. The summed E-state index contributed by atoms with van der Waals surface area (Å²) in [6.45, 7) is 0.581. The van der Waals surface area contributed by atoms with E-state index in [1.165, 1.54) is 0 Å². The molecule has 2 unspecified atom stereocenters. The zero-order chi connectivity index (χ0) is 21.1. The van der Waals surface area contributed by atoms with Crippen molar-refractivity contribution in [2.45, 2.75) is 24.2 Å². The Hall–Kier alpha value is -2.97. The van der Waals surface area contributed by atoms with E-state index in [0.717, 1.165) is 12.8 Å². The summed E-state index contributed by atoms with van der Waals surface area (Å²) >= 11 is 0. The lowest BCUT2D eigenvalue weighted by Crippen LogP contribution is -2.20. The molecule has 1 saturated heterocycles. The Morgan fingerprint density at radius 3 is 2.33 bits per heavy atom. The SMILES string of the molecule is O=C(OCC1CCCO1)OC1=C(c2ccccc2)S(=O)(=O)C(c2ccccc2)C1=O. The van der Waals surface area contributed by atoms with Gasteiger partial charge < -0.3 is 14.2 Å². The van der Waals surface area contributed by atoms with E-state index in [1.807, 2.05) is 0 Å². The van der Waals surface area contributed by atoms with Gasteiger partial charge in [0.25, 0.3) is 0 Å². The van der Waals surface area contributed by atoms with Crippen molar-refractivity contribution < 1.29 is 32.2 Å². The van der Waals surface area contributed by atoms with Crippen molar-refractivity contribution in [2.24, 2.45) is 0 Å². The number of benzene rings is 2. The Kier molecular flexibility index (Phi) is 5.69. The summed E-state index contributed by atoms with van der Waals surface area (Å²) in [4.78, 5) is 25.0. The Morgan fingerprint density at radius 2 is 1.70 bits per heavy atom. The van der Waals surface area contributed by atoms with Gasteiger partial charge in [-0.2, -0.15) is 0 Å². The van der Waals surface area contributed by atoms with Gasteiger partial charge in [0.15, 0.2) is 20.8 Å². The Morgan fingerprint density at radius 1 is 1.03 bits per heavy atom. The fraction of sp³-hybridized carbons (Fsp3) is 0.273. The van der Waals surface area contributed by atoms with Crippen molar-refractivity contribution in [3.05, 3.63) is 77.5 Å². The van der Waals surface area contributed by atoms with E-state index in [-0.39, 0.29) is 23.2 Å². The lowest BCUT2D eigenvalue weighted by Gasteiger charge is -2.11. The Balaban J connectivity index is 1.68. The second-order valence-electron chi connectivity index (χ2n) is 7.02. The number of ether oxygens (including phenoxy) is 3. The molecule has 0 spiro atoms. The van der Waals surface area contributed by atoms with E-state index in [0.29, 0.717) is 12.2 Å². The van der Waals surface area contributed by atoms with Crippen molar-refractivity contribution in [1.29, 1.82) is 0 Å². The van der Waals surface area contributed by atoms with Crippen LogP contribution in [-0.4, -0.2) is 39.7 Å². The van der Waals surface area contributed by atoms with Gasteiger partial charge in [0.2, 0.25) is 5.78 Å². The first-order valence-electron chi connectivity index (χ1n) is 9.57. The van der Waals surface area contributed by atoms with Crippen molar-refractivity contribution >= 4 is 26.7 Å². The molecule has 0 aliphatic carbocycles. The second kappa shape index (κ2) is 8.41. The number of ketones is 1. The summed E-state index contributed by atoms with van der Waals surface area (Å²) in [7, 11) is -4.14. The molecule has 7 nitrogen and oxygen atoms in total. The van der Waals surface area contributed by atoms with Gasteiger partial charge in [0, 0.05) is 6.61 Å². The molecule has 30 heavy (non-hydrogen) atoms. The molecule has 2 aliphatic heterocycles. The molecule has 0 bridgehead atoms. The van der Waals surface area contributed by atoms with Gasteiger partial charge in [-0.15, -0.1) is 0 Å². The van der Waals surface area contributed by atoms with Gasteiger partial charge in [-0.3, -0.25) is 4.79 Å². The molecule has 2 aromatic rings. The van der Waals surface area contributed by atoms with Gasteiger partial charge in [-0.05, 0) is 24.0 Å². The predicted molar refractivity (Wildman–Crippen MR) is 108 cm³/mol. The molecular formula is C22H20O7S. The van der Waals surface area contributed by atoms with E-state index in [9.17, 15) is 18.0 Å². The van der Waals surface area contributed by atoms with Gasteiger partial charge in [0.1, 0.15) is 11.5 Å². The minimum absolute atomic E-state index is 0.0180. The quantitative estimate of drug-likeness (QED) is 0.673. The molecular weight excluding hydrogens is 408 g/mol. The zero-order valence-corrected chi connectivity index (χ0v) is 16.8. The summed E-state index contributed by atoms with van der Waals surface area (Å²) in [6.07, 6.45) is 0.280. The number of hydrogen-bond donors (Lipinski definition) is 0. The summed E-state index contributed by atoms with van der Waals surface area (Å²) in [5, 5.41) is -1.48. The maximum atomic E-state index is 13.3. The summed E-state index contributed by atoms with van der Waals surface area (Å²) in [5.41, 5.74) is 0.577. The van der Waals surface area contributed by atoms with Crippen molar-refractivity contribution in [2.75, 3.05) is 13.2 Å². The average molecular weight is 428 g/mol. The monoisotopic (exact) mass is 428 g/mol. The van der Waals surface area contributed by atoms with Crippen LogP contribution in [0.5, 0.6) is 0 Å². The van der Waals surface area contributed by atoms with Crippen LogP contribution >= 0.6 is 0 Å². The number of carbonyl (C=O) groups is 2. The highest BCUT2D eigenvalue weighted by Crippen LogP contribution is 2.44. The third-order valence-electron chi connectivity index (χ3n) is 5.00. The number of hydrogen-bond acceptors (Lipinski definition) is 7. The summed E-state index contributed by atoms with van der Waals surface area (Å²) < 4.78 is 42.3. The molecule has 0 amide bonds. The Bertz CT molecular complexity index is 1070. The molecule has 8 heteroatoms.